The number of ether oxygens (including phenoxy) is 1. The van der Waals surface area contributed by atoms with Crippen LogP contribution in [0.4, 0.5) is 4.79 Å². The van der Waals surface area contributed by atoms with Crippen LogP contribution < -0.4 is 10.6 Å². The molecule has 1 rings (SSSR count). The van der Waals surface area contributed by atoms with Crippen molar-refractivity contribution in [3.8, 4) is 0 Å². The van der Waals surface area contributed by atoms with Crippen molar-refractivity contribution in [2.24, 2.45) is 17.3 Å². The van der Waals surface area contributed by atoms with Crippen LogP contribution in [0.1, 0.15) is 60.3 Å². The van der Waals surface area contributed by atoms with E-state index in [1.807, 2.05) is 13.8 Å². The van der Waals surface area contributed by atoms with Crippen LogP contribution in [-0.2, 0) is 9.53 Å². The molecule has 6 nitrogen and oxygen atoms in total. The second-order valence-electron chi connectivity index (χ2n) is 8.20. The van der Waals surface area contributed by atoms with Gasteiger partial charge < -0.3 is 20.5 Å². The minimum Gasteiger partial charge on any atom is -0.481 e. The van der Waals surface area contributed by atoms with Gasteiger partial charge >= 0.3 is 12.1 Å². The zero-order valence-corrected chi connectivity index (χ0v) is 15.8. The summed E-state index contributed by atoms with van der Waals surface area (Å²) in [6.07, 6.45) is 3.81. The standard InChI is InChI=1S/C18H34N2O4/c1-6-7-13-8-9-19-11-14(13)10-18(4,5)24-16(23)20-12-17(2,3)15(21)22/h13-14,19H,6-12H2,1-5H3,(H,20,23)(H,21,22). The van der Waals surface area contributed by atoms with Gasteiger partial charge in [0.05, 0.1) is 5.41 Å². The molecule has 0 aliphatic carbocycles. The minimum absolute atomic E-state index is 0.0424. The van der Waals surface area contributed by atoms with Crippen molar-refractivity contribution in [2.45, 2.75) is 65.9 Å². The summed E-state index contributed by atoms with van der Waals surface area (Å²) in [6.45, 7) is 11.3. The van der Waals surface area contributed by atoms with E-state index in [-0.39, 0.29) is 6.54 Å². The molecule has 0 saturated carbocycles. The molecule has 3 N–H and O–H groups in total. The number of carbonyl (C=O) groups excluding carboxylic acids is 1. The molecule has 1 heterocycles. The fourth-order valence-corrected chi connectivity index (χ4v) is 3.30. The quantitative estimate of drug-likeness (QED) is 0.631. The van der Waals surface area contributed by atoms with Gasteiger partial charge in [-0.05, 0) is 65.5 Å². The van der Waals surface area contributed by atoms with Crippen molar-refractivity contribution in [3.05, 3.63) is 0 Å². The van der Waals surface area contributed by atoms with Crippen LogP contribution in [0.5, 0.6) is 0 Å². The van der Waals surface area contributed by atoms with Gasteiger partial charge in [-0.1, -0.05) is 19.8 Å². The van der Waals surface area contributed by atoms with E-state index in [2.05, 4.69) is 17.6 Å². The Morgan fingerprint density at radius 1 is 1.25 bits per heavy atom. The van der Waals surface area contributed by atoms with Gasteiger partial charge in [0.15, 0.2) is 0 Å². The summed E-state index contributed by atoms with van der Waals surface area (Å²) in [4.78, 5) is 23.1. The van der Waals surface area contributed by atoms with E-state index in [9.17, 15) is 9.59 Å². The SMILES string of the molecule is CCCC1CCNCC1CC(C)(C)OC(=O)NCC(C)(C)C(=O)O. The molecule has 0 spiro atoms. The number of aliphatic carboxylic acids is 1. The van der Waals surface area contributed by atoms with Crippen molar-refractivity contribution in [1.29, 1.82) is 0 Å². The van der Waals surface area contributed by atoms with Crippen LogP contribution in [0.2, 0.25) is 0 Å². The number of carbonyl (C=O) groups is 2. The van der Waals surface area contributed by atoms with Crippen LogP contribution in [0.15, 0.2) is 0 Å². The van der Waals surface area contributed by atoms with Crippen molar-refractivity contribution >= 4 is 12.1 Å². The lowest BCUT2D eigenvalue weighted by atomic mass is 9.77. The first kappa shape index (κ1) is 20.7. The number of nitrogens with one attached hydrogen (secondary N) is 2. The van der Waals surface area contributed by atoms with Crippen molar-refractivity contribution in [2.75, 3.05) is 19.6 Å². The molecule has 1 aliphatic rings. The number of carboxylic acid groups (broad SMARTS) is 1. The third-order valence-corrected chi connectivity index (χ3v) is 4.80. The van der Waals surface area contributed by atoms with Gasteiger partial charge in [0.25, 0.3) is 0 Å². The number of hydrogen-bond acceptors (Lipinski definition) is 4. The Morgan fingerprint density at radius 3 is 2.50 bits per heavy atom. The Morgan fingerprint density at radius 2 is 1.92 bits per heavy atom. The third kappa shape index (κ3) is 6.67. The zero-order chi connectivity index (χ0) is 18.4. The minimum atomic E-state index is -1.01. The Hall–Kier alpha value is -1.30. The number of rotatable bonds is 8. The molecule has 2 atom stereocenters. The molecule has 0 radical (unpaired) electrons. The summed E-state index contributed by atoms with van der Waals surface area (Å²) in [5.74, 6) is 0.225. The van der Waals surface area contributed by atoms with E-state index < -0.39 is 23.1 Å². The van der Waals surface area contributed by atoms with Crippen molar-refractivity contribution < 1.29 is 19.4 Å². The molecule has 2 unspecified atom stereocenters. The number of amides is 1. The molecule has 0 aromatic carbocycles. The third-order valence-electron chi connectivity index (χ3n) is 4.80. The number of carboxylic acids is 1. The molecular weight excluding hydrogens is 308 g/mol. The van der Waals surface area contributed by atoms with Gasteiger partial charge in [-0.25, -0.2) is 4.79 Å². The lowest BCUT2D eigenvalue weighted by molar-refractivity contribution is -0.146. The van der Waals surface area contributed by atoms with Crippen molar-refractivity contribution in [1.82, 2.24) is 10.6 Å². The van der Waals surface area contributed by atoms with E-state index in [0.29, 0.717) is 11.8 Å². The Kier molecular flexibility index (Phi) is 7.52. The second kappa shape index (κ2) is 8.70. The highest BCUT2D eigenvalue weighted by molar-refractivity contribution is 5.75. The lowest BCUT2D eigenvalue weighted by Crippen LogP contribution is -2.44. The highest BCUT2D eigenvalue weighted by atomic mass is 16.6. The normalized spacial score (nSPS) is 22.0. The molecular formula is C18H34N2O4. The number of alkyl carbamates (subject to hydrolysis) is 1. The van der Waals surface area contributed by atoms with E-state index >= 15 is 0 Å². The molecule has 1 saturated heterocycles. The van der Waals surface area contributed by atoms with E-state index in [1.165, 1.54) is 19.3 Å². The van der Waals surface area contributed by atoms with Crippen LogP contribution in [0, 0.1) is 17.3 Å². The molecule has 0 bridgehead atoms. The van der Waals surface area contributed by atoms with Crippen LogP contribution in [0.25, 0.3) is 0 Å². The maximum absolute atomic E-state index is 12.0. The van der Waals surface area contributed by atoms with Gasteiger partial charge in [0.2, 0.25) is 0 Å². The topological polar surface area (TPSA) is 87.7 Å². The van der Waals surface area contributed by atoms with Crippen LogP contribution >= 0.6 is 0 Å². The average molecular weight is 342 g/mol. The van der Waals surface area contributed by atoms with Gasteiger partial charge in [-0.2, -0.15) is 0 Å². The first-order valence-corrected chi connectivity index (χ1v) is 8.98. The smallest absolute Gasteiger partial charge is 0.407 e. The lowest BCUT2D eigenvalue weighted by Gasteiger charge is -2.37. The highest BCUT2D eigenvalue weighted by Gasteiger charge is 2.34. The predicted molar refractivity (Wildman–Crippen MR) is 94.0 cm³/mol. The largest absolute Gasteiger partial charge is 0.481 e. The summed E-state index contributed by atoms with van der Waals surface area (Å²) < 4.78 is 5.57. The van der Waals surface area contributed by atoms with Crippen LogP contribution in [-0.4, -0.2) is 42.4 Å². The summed E-state index contributed by atoms with van der Waals surface area (Å²) in [5, 5.41) is 15.1. The van der Waals surface area contributed by atoms with E-state index in [4.69, 9.17) is 9.84 Å². The van der Waals surface area contributed by atoms with Crippen LogP contribution in [0.3, 0.4) is 0 Å². The first-order valence-electron chi connectivity index (χ1n) is 8.98. The Labute approximate surface area is 145 Å². The Bertz CT molecular complexity index is 433. The van der Waals surface area contributed by atoms with E-state index in [0.717, 1.165) is 19.5 Å². The molecule has 0 aromatic heterocycles. The first-order chi connectivity index (χ1) is 11.1. The molecule has 1 amide bonds. The van der Waals surface area contributed by atoms with Gasteiger partial charge in [0.1, 0.15) is 5.60 Å². The molecule has 1 aliphatic heterocycles. The summed E-state index contributed by atoms with van der Waals surface area (Å²) in [6, 6.07) is 0. The average Bonchev–Trinajstić information content (AvgIpc) is 2.46. The molecule has 24 heavy (non-hydrogen) atoms. The fourth-order valence-electron chi connectivity index (χ4n) is 3.30. The maximum atomic E-state index is 12.0. The van der Waals surface area contributed by atoms with Gasteiger partial charge in [0, 0.05) is 6.54 Å². The summed E-state index contributed by atoms with van der Waals surface area (Å²) in [7, 11) is 0. The van der Waals surface area contributed by atoms with Crippen molar-refractivity contribution in [3.63, 3.8) is 0 Å². The summed E-state index contributed by atoms with van der Waals surface area (Å²) in [5.41, 5.74) is -1.59. The predicted octanol–water partition coefficient (Wildman–Crippen LogP) is 3.02. The van der Waals surface area contributed by atoms with Gasteiger partial charge in [-0.3, -0.25) is 4.79 Å². The number of hydrogen-bond donors (Lipinski definition) is 3. The summed E-state index contributed by atoms with van der Waals surface area (Å²) >= 11 is 0. The number of piperidine rings is 1. The molecule has 140 valence electrons. The fraction of sp³-hybridized carbons (Fsp3) is 0.889. The zero-order valence-electron chi connectivity index (χ0n) is 15.8. The van der Waals surface area contributed by atoms with Gasteiger partial charge in [-0.15, -0.1) is 0 Å². The second-order valence-corrected chi connectivity index (χ2v) is 8.20. The molecule has 6 heteroatoms. The monoisotopic (exact) mass is 342 g/mol. The molecule has 1 fully saturated rings. The molecule has 0 aromatic rings. The Balaban J connectivity index is 2.52. The highest BCUT2D eigenvalue weighted by Crippen LogP contribution is 2.32. The van der Waals surface area contributed by atoms with E-state index in [1.54, 1.807) is 13.8 Å². The maximum Gasteiger partial charge on any atom is 0.407 e.